The first-order valence-electron chi connectivity index (χ1n) is 6.34. The molecule has 0 bridgehead atoms. The smallest absolute Gasteiger partial charge is 0.240 e. The highest BCUT2D eigenvalue weighted by Gasteiger charge is 2.29. The van der Waals surface area contributed by atoms with Gasteiger partial charge in [0.2, 0.25) is 11.8 Å². The first-order chi connectivity index (χ1) is 8.36. The molecule has 1 rings (SSSR count). The zero-order valence-corrected chi connectivity index (χ0v) is 11.5. The first kappa shape index (κ1) is 14.9. The third kappa shape index (κ3) is 3.96. The molecular formula is C12H24N4O2. The highest BCUT2D eigenvalue weighted by molar-refractivity contribution is 5.82. The molecule has 0 radical (unpaired) electrons. The summed E-state index contributed by atoms with van der Waals surface area (Å²) < 4.78 is 0. The zero-order valence-electron chi connectivity index (χ0n) is 11.5. The minimum absolute atomic E-state index is 0.138. The van der Waals surface area contributed by atoms with E-state index in [0.29, 0.717) is 13.1 Å². The molecule has 0 saturated carbocycles. The summed E-state index contributed by atoms with van der Waals surface area (Å²) in [6.45, 7) is 6.19. The van der Waals surface area contributed by atoms with Crippen molar-refractivity contribution in [2.24, 2.45) is 11.3 Å². The van der Waals surface area contributed by atoms with Gasteiger partial charge in [-0.2, -0.15) is 0 Å². The van der Waals surface area contributed by atoms with Gasteiger partial charge in [0.15, 0.2) is 0 Å². The molecule has 0 aliphatic carbocycles. The van der Waals surface area contributed by atoms with Crippen LogP contribution in [0.5, 0.6) is 0 Å². The van der Waals surface area contributed by atoms with Crippen LogP contribution >= 0.6 is 0 Å². The molecule has 0 atom stereocenters. The summed E-state index contributed by atoms with van der Waals surface area (Å²) >= 11 is 0. The Morgan fingerprint density at radius 1 is 1.33 bits per heavy atom. The van der Waals surface area contributed by atoms with Gasteiger partial charge in [-0.05, 0) is 33.7 Å². The number of likely N-dealkylation sites (tertiary alicyclic amines) is 1. The summed E-state index contributed by atoms with van der Waals surface area (Å²) in [4.78, 5) is 27.2. The number of nitrogens with one attached hydrogen (secondary N) is 1. The molecule has 0 aromatic rings. The normalized spacial score (nSPS) is 16.2. The highest BCUT2D eigenvalue weighted by atomic mass is 16.2. The lowest BCUT2D eigenvalue weighted by molar-refractivity contribution is -0.134. The molecule has 1 heterocycles. The van der Waals surface area contributed by atoms with Crippen molar-refractivity contribution >= 4 is 11.8 Å². The van der Waals surface area contributed by atoms with Crippen LogP contribution in [0.25, 0.3) is 0 Å². The Bertz CT molecular complexity index is 311. The fourth-order valence-corrected chi connectivity index (χ4v) is 2.30. The molecule has 0 aromatic carbocycles. The van der Waals surface area contributed by atoms with Gasteiger partial charge in [-0.3, -0.25) is 19.9 Å². The summed E-state index contributed by atoms with van der Waals surface area (Å²) in [6.07, 6.45) is 2.19. The Labute approximate surface area is 108 Å². The van der Waals surface area contributed by atoms with Gasteiger partial charge in [0.1, 0.15) is 0 Å². The number of hydrogen-bond acceptors (Lipinski definition) is 4. The number of carbonyl (C=O) groups excluding carboxylic acids is 2. The Kier molecular flexibility index (Phi) is 5.10. The number of hydrogen-bond donors (Lipinski definition) is 2. The quantitative estimate of drug-likeness (QED) is 0.397. The molecule has 0 unspecified atom stereocenters. The standard InChI is InChI=1S/C12H24N4O2/c1-12(2,11(18)14-13)9-15(3)8-10(17)16-6-4-5-7-16/h4-9,13H2,1-3H3,(H,14,18). The molecule has 1 saturated heterocycles. The lowest BCUT2D eigenvalue weighted by Gasteiger charge is -2.29. The Hall–Kier alpha value is -1.14. The predicted octanol–water partition coefficient (Wildman–Crippen LogP) is -0.443. The molecule has 2 amide bonds. The van der Waals surface area contributed by atoms with Crippen molar-refractivity contribution < 1.29 is 9.59 Å². The van der Waals surface area contributed by atoms with Crippen molar-refractivity contribution in [1.82, 2.24) is 15.2 Å². The molecule has 0 spiro atoms. The van der Waals surface area contributed by atoms with Crippen LogP contribution < -0.4 is 11.3 Å². The Morgan fingerprint density at radius 2 is 1.89 bits per heavy atom. The van der Waals surface area contributed by atoms with E-state index in [-0.39, 0.29) is 11.8 Å². The largest absolute Gasteiger partial charge is 0.342 e. The topological polar surface area (TPSA) is 78.7 Å². The fraction of sp³-hybridized carbons (Fsp3) is 0.833. The molecular weight excluding hydrogens is 232 g/mol. The number of nitrogens with two attached hydrogens (primary N) is 1. The SMILES string of the molecule is CN(CC(=O)N1CCCC1)CC(C)(C)C(=O)NN. The maximum Gasteiger partial charge on any atom is 0.240 e. The van der Waals surface area contributed by atoms with Gasteiger partial charge in [-0.15, -0.1) is 0 Å². The maximum atomic E-state index is 11.9. The molecule has 3 N–H and O–H groups in total. The number of hydrazine groups is 1. The second-order valence-electron chi connectivity index (χ2n) is 5.62. The van der Waals surface area contributed by atoms with Gasteiger partial charge < -0.3 is 4.90 Å². The zero-order chi connectivity index (χ0) is 13.8. The van der Waals surface area contributed by atoms with Crippen molar-refractivity contribution in [3.05, 3.63) is 0 Å². The summed E-state index contributed by atoms with van der Waals surface area (Å²) in [5.41, 5.74) is 1.56. The van der Waals surface area contributed by atoms with Gasteiger partial charge >= 0.3 is 0 Å². The van der Waals surface area contributed by atoms with E-state index in [0.717, 1.165) is 25.9 Å². The fourth-order valence-electron chi connectivity index (χ4n) is 2.30. The van der Waals surface area contributed by atoms with Gasteiger partial charge in [-0.25, -0.2) is 5.84 Å². The molecule has 18 heavy (non-hydrogen) atoms. The van der Waals surface area contributed by atoms with E-state index < -0.39 is 5.41 Å². The molecule has 104 valence electrons. The lowest BCUT2D eigenvalue weighted by atomic mass is 9.92. The van der Waals surface area contributed by atoms with Crippen LogP contribution in [0, 0.1) is 5.41 Å². The van der Waals surface area contributed by atoms with Crippen LogP contribution in [0.15, 0.2) is 0 Å². The van der Waals surface area contributed by atoms with Crippen LogP contribution in [0.2, 0.25) is 0 Å². The van der Waals surface area contributed by atoms with E-state index in [1.165, 1.54) is 0 Å². The van der Waals surface area contributed by atoms with Crippen LogP contribution in [-0.2, 0) is 9.59 Å². The number of carbonyl (C=O) groups is 2. The minimum Gasteiger partial charge on any atom is -0.342 e. The van der Waals surface area contributed by atoms with Crippen molar-refractivity contribution in [3.8, 4) is 0 Å². The second-order valence-corrected chi connectivity index (χ2v) is 5.62. The van der Waals surface area contributed by atoms with Crippen molar-refractivity contribution in [1.29, 1.82) is 0 Å². The van der Waals surface area contributed by atoms with Gasteiger partial charge in [0.25, 0.3) is 0 Å². The summed E-state index contributed by atoms with van der Waals surface area (Å²) in [7, 11) is 1.85. The molecule has 6 nitrogen and oxygen atoms in total. The van der Waals surface area contributed by atoms with E-state index >= 15 is 0 Å². The molecule has 1 fully saturated rings. The van der Waals surface area contributed by atoms with E-state index in [9.17, 15) is 9.59 Å². The minimum atomic E-state index is -0.602. The van der Waals surface area contributed by atoms with Crippen LogP contribution in [-0.4, -0.2) is 54.8 Å². The van der Waals surface area contributed by atoms with Crippen molar-refractivity contribution in [2.45, 2.75) is 26.7 Å². The highest BCUT2D eigenvalue weighted by Crippen LogP contribution is 2.16. The molecule has 1 aliphatic rings. The number of amides is 2. The first-order valence-corrected chi connectivity index (χ1v) is 6.34. The van der Waals surface area contributed by atoms with Gasteiger partial charge in [-0.1, -0.05) is 0 Å². The number of nitrogens with zero attached hydrogens (tertiary/aromatic N) is 2. The van der Waals surface area contributed by atoms with Crippen LogP contribution in [0.3, 0.4) is 0 Å². The third-order valence-corrected chi connectivity index (χ3v) is 3.27. The van der Waals surface area contributed by atoms with Crippen molar-refractivity contribution in [3.63, 3.8) is 0 Å². The summed E-state index contributed by atoms with van der Waals surface area (Å²) in [6, 6.07) is 0. The molecule has 1 aliphatic heterocycles. The van der Waals surface area contributed by atoms with Gasteiger partial charge in [0.05, 0.1) is 12.0 Å². The average molecular weight is 256 g/mol. The molecule has 0 aromatic heterocycles. The third-order valence-electron chi connectivity index (χ3n) is 3.27. The maximum absolute atomic E-state index is 11.9. The number of rotatable bonds is 5. The van der Waals surface area contributed by atoms with Crippen LogP contribution in [0.1, 0.15) is 26.7 Å². The van der Waals surface area contributed by atoms with E-state index in [1.807, 2.05) is 30.7 Å². The number of likely N-dealkylation sites (N-methyl/N-ethyl adjacent to an activating group) is 1. The Morgan fingerprint density at radius 3 is 2.39 bits per heavy atom. The van der Waals surface area contributed by atoms with E-state index in [1.54, 1.807) is 0 Å². The van der Waals surface area contributed by atoms with Crippen molar-refractivity contribution in [2.75, 3.05) is 33.2 Å². The van der Waals surface area contributed by atoms with E-state index in [2.05, 4.69) is 5.43 Å². The summed E-state index contributed by atoms with van der Waals surface area (Å²) in [5, 5.41) is 0. The Balaban J connectivity index is 2.43. The lowest BCUT2D eigenvalue weighted by Crippen LogP contribution is -2.48. The second kappa shape index (κ2) is 6.15. The monoisotopic (exact) mass is 256 g/mol. The average Bonchev–Trinajstić information content (AvgIpc) is 2.80. The predicted molar refractivity (Wildman–Crippen MR) is 69.4 cm³/mol. The summed E-state index contributed by atoms with van der Waals surface area (Å²) in [5.74, 6) is 5.06. The molecule has 6 heteroatoms. The van der Waals surface area contributed by atoms with E-state index in [4.69, 9.17) is 5.84 Å². The van der Waals surface area contributed by atoms with Gasteiger partial charge in [0, 0.05) is 19.6 Å². The van der Waals surface area contributed by atoms with Crippen LogP contribution in [0.4, 0.5) is 0 Å².